The standard InChI is InChI=1S/C19H22N2O/c1-13-6-9-17(10-7-13)16(4)20-21-19(22)12-18-11-14(2)5-8-15(18)3/h5-11H,12H2,1-4H3,(H,21,22)/b20-16-. The van der Waals surface area contributed by atoms with E-state index in [9.17, 15) is 4.79 Å². The summed E-state index contributed by atoms with van der Waals surface area (Å²) in [6, 6.07) is 14.2. The van der Waals surface area contributed by atoms with Crippen molar-refractivity contribution in [2.75, 3.05) is 0 Å². The molecular formula is C19H22N2O. The average Bonchev–Trinajstić information content (AvgIpc) is 2.49. The van der Waals surface area contributed by atoms with E-state index in [4.69, 9.17) is 0 Å². The topological polar surface area (TPSA) is 41.5 Å². The first-order valence-electron chi connectivity index (χ1n) is 7.42. The van der Waals surface area contributed by atoms with Crippen molar-refractivity contribution < 1.29 is 4.79 Å². The largest absolute Gasteiger partial charge is 0.273 e. The Morgan fingerprint density at radius 1 is 1.00 bits per heavy atom. The van der Waals surface area contributed by atoms with Crippen molar-refractivity contribution in [2.24, 2.45) is 5.10 Å². The van der Waals surface area contributed by atoms with Crippen molar-refractivity contribution in [3.63, 3.8) is 0 Å². The van der Waals surface area contributed by atoms with Crippen molar-refractivity contribution in [1.29, 1.82) is 0 Å². The molecule has 0 spiro atoms. The van der Waals surface area contributed by atoms with Crippen LogP contribution in [0.3, 0.4) is 0 Å². The molecule has 3 nitrogen and oxygen atoms in total. The molecule has 2 rings (SSSR count). The van der Waals surface area contributed by atoms with E-state index < -0.39 is 0 Å². The third-order valence-corrected chi connectivity index (χ3v) is 3.67. The van der Waals surface area contributed by atoms with Crippen molar-refractivity contribution in [1.82, 2.24) is 5.43 Å². The molecule has 0 aliphatic heterocycles. The Morgan fingerprint density at radius 3 is 2.32 bits per heavy atom. The zero-order valence-corrected chi connectivity index (χ0v) is 13.6. The zero-order valence-electron chi connectivity index (χ0n) is 13.6. The van der Waals surface area contributed by atoms with Crippen LogP contribution in [0.15, 0.2) is 47.6 Å². The van der Waals surface area contributed by atoms with Crippen LogP contribution in [0.25, 0.3) is 0 Å². The molecule has 1 N–H and O–H groups in total. The normalized spacial score (nSPS) is 11.4. The molecule has 0 saturated carbocycles. The summed E-state index contributed by atoms with van der Waals surface area (Å²) in [5.74, 6) is -0.0971. The number of hydrogen-bond acceptors (Lipinski definition) is 2. The lowest BCUT2D eigenvalue weighted by Crippen LogP contribution is -2.21. The average molecular weight is 294 g/mol. The van der Waals surface area contributed by atoms with Gasteiger partial charge in [-0.1, -0.05) is 53.6 Å². The van der Waals surface area contributed by atoms with E-state index in [1.165, 1.54) is 5.56 Å². The van der Waals surface area contributed by atoms with Crippen LogP contribution in [0.5, 0.6) is 0 Å². The van der Waals surface area contributed by atoms with Gasteiger partial charge in [0.2, 0.25) is 5.91 Å². The van der Waals surface area contributed by atoms with Gasteiger partial charge in [0, 0.05) is 0 Å². The highest BCUT2D eigenvalue weighted by atomic mass is 16.2. The second kappa shape index (κ2) is 7.03. The lowest BCUT2D eigenvalue weighted by Gasteiger charge is -2.07. The lowest BCUT2D eigenvalue weighted by atomic mass is 10.0. The maximum absolute atomic E-state index is 12.0. The summed E-state index contributed by atoms with van der Waals surface area (Å²) in [7, 11) is 0. The van der Waals surface area contributed by atoms with Gasteiger partial charge in [0.1, 0.15) is 0 Å². The highest BCUT2D eigenvalue weighted by molar-refractivity contribution is 5.99. The van der Waals surface area contributed by atoms with E-state index in [0.29, 0.717) is 6.42 Å². The third-order valence-electron chi connectivity index (χ3n) is 3.67. The molecule has 0 heterocycles. The van der Waals surface area contributed by atoms with Gasteiger partial charge in [0.25, 0.3) is 0 Å². The minimum absolute atomic E-state index is 0.0971. The van der Waals surface area contributed by atoms with Crippen molar-refractivity contribution in [2.45, 2.75) is 34.1 Å². The molecule has 0 radical (unpaired) electrons. The van der Waals surface area contributed by atoms with Crippen LogP contribution in [0.2, 0.25) is 0 Å². The van der Waals surface area contributed by atoms with E-state index in [1.807, 2.05) is 64.1 Å². The molecule has 0 saturated heterocycles. The Bertz CT molecular complexity index is 700. The minimum atomic E-state index is -0.0971. The zero-order chi connectivity index (χ0) is 16.1. The number of nitrogens with zero attached hydrogens (tertiary/aromatic N) is 1. The Balaban J connectivity index is 2.01. The number of aryl methyl sites for hydroxylation is 3. The molecule has 0 unspecified atom stereocenters. The second-order valence-electron chi connectivity index (χ2n) is 5.70. The van der Waals surface area contributed by atoms with E-state index >= 15 is 0 Å². The van der Waals surface area contributed by atoms with Crippen LogP contribution in [0.4, 0.5) is 0 Å². The van der Waals surface area contributed by atoms with E-state index in [1.54, 1.807) is 0 Å². The predicted molar refractivity (Wildman–Crippen MR) is 91.2 cm³/mol. The smallest absolute Gasteiger partial charge is 0.244 e. The molecule has 0 aromatic heterocycles. The van der Waals surface area contributed by atoms with Gasteiger partial charge >= 0.3 is 0 Å². The Labute approximate surface area is 132 Å². The van der Waals surface area contributed by atoms with Gasteiger partial charge in [-0.2, -0.15) is 5.10 Å². The highest BCUT2D eigenvalue weighted by Crippen LogP contribution is 2.11. The Hall–Kier alpha value is -2.42. The maximum Gasteiger partial charge on any atom is 0.244 e. The van der Waals surface area contributed by atoms with Gasteiger partial charge < -0.3 is 0 Å². The van der Waals surface area contributed by atoms with E-state index in [-0.39, 0.29) is 5.91 Å². The summed E-state index contributed by atoms with van der Waals surface area (Å²) in [5, 5.41) is 4.19. The number of rotatable bonds is 4. The predicted octanol–water partition coefficient (Wildman–Crippen LogP) is 3.69. The van der Waals surface area contributed by atoms with Gasteiger partial charge in [-0.25, -0.2) is 5.43 Å². The molecule has 1 amide bonds. The number of hydrazone groups is 1. The van der Waals surface area contributed by atoms with Crippen molar-refractivity contribution in [3.8, 4) is 0 Å². The van der Waals surface area contributed by atoms with E-state index in [2.05, 4.69) is 16.6 Å². The van der Waals surface area contributed by atoms with Gasteiger partial charge in [-0.3, -0.25) is 4.79 Å². The number of hydrogen-bond donors (Lipinski definition) is 1. The Morgan fingerprint density at radius 2 is 1.64 bits per heavy atom. The second-order valence-corrected chi connectivity index (χ2v) is 5.70. The van der Waals surface area contributed by atoms with Crippen LogP contribution in [0.1, 0.15) is 34.7 Å². The first kappa shape index (κ1) is 16.0. The quantitative estimate of drug-likeness (QED) is 0.678. The number of amides is 1. The highest BCUT2D eigenvalue weighted by Gasteiger charge is 2.06. The molecule has 2 aromatic carbocycles. The summed E-state index contributed by atoms with van der Waals surface area (Å²) >= 11 is 0. The number of carbonyl (C=O) groups excluding carboxylic acids is 1. The molecule has 0 aliphatic rings. The summed E-state index contributed by atoms with van der Waals surface area (Å²) in [5.41, 5.74) is 8.98. The minimum Gasteiger partial charge on any atom is -0.273 e. The van der Waals surface area contributed by atoms with E-state index in [0.717, 1.165) is 28.0 Å². The van der Waals surface area contributed by atoms with Gasteiger partial charge in [-0.15, -0.1) is 0 Å². The molecular weight excluding hydrogens is 272 g/mol. The molecule has 0 bridgehead atoms. The fourth-order valence-electron chi connectivity index (χ4n) is 2.21. The van der Waals surface area contributed by atoms with Crippen LogP contribution >= 0.6 is 0 Å². The van der Waals surface area contributed by atoms with Gasteiger partial charge in [-0.05, 0) is 44.4 Å². The molecule has 22 heavy (non-hydrogen) atoms. The fraction of sp³-hybridized carbons (Fsp3) is 0.263. The van der Waals surface area contributed by atoms with Gasteiger partial charge in [0.05, 0.1) is 12.1 Å². The summed E-state index contributed by atoms with van der Waals surface area (Å²) in [6.45, 7) is 7.98. The monoisotopic (exact) mass is 294 g/mol. The summed E-state index contributed by atoms with van der Waals surface area (Å²) in [6.07, 6.45) is 0.345. The third kappa shape index (κ3) is 4.29. The summed E-state index contributed by atoms with van der Waals surface area (Å²) < 4.78 is 0. The van der Waals surface area contributed by atoms with Gasteiger partial charge in [0.15, 0.2) is 0 Å². The van der Waals surface area contributed by atoms with Crippen LogP contribution in [-0.4, -0.2) is 11.6 Å². The molecule has 2 aromatic rings. The van der Waals surface area contributed by atoms with Crippen molar-refractivity contribution in [3.05, 3.63) is 70.3 Å². The Kier molecular flexibility index (Phi) is 5.10. The number of nitrogens with one attached hydrogen (secondary N) is 1. The fourth-order valence-corrected chi connectivity index (χ4v) is 2.21. The van der Waals surface area contributed by atoms with Crippen molar-refractivity contribution >= 4 is 11.6 Å². The molecule has 0 fully saturated rings. The molecule has 0 aliphatic carbocycles. The molecule has 0 atom stereocenters. The number of benzene rings is 2. The first-order valence-corrected chi connectivity index (χ1v) is 7.42. The SMILES string of the molecule is C/C(=N/NC(=O)Cc1cc(C)ccc1C)c1ccc(C)cc1. The van der Waals surface area contributed by atoms with Crippen LogP contribution in [0, 0.1) is 20.8 Å². The summed E-state index contributed by atoms with van der Waals surface area (Å²) in [4.78, 5) is 12.0. The maximum atomic E-state index is 12.0. The molecule has 3 heteroatoms. The van der Waals surface area contributed by atoms with Crippen LogP contribution < -0.4 is 5.43 Å². The van der Waals surface area contributed by atoms with Crippen LogP contribution in [-0.2, 0) is 11.2 Å². The first-order chi connectivity index (χ1) is 10.5. The molecule has 114 valence electrons. The number of carbonyl (C=O) groups is 1. The lowest BCUT2D eigenvalue weighted by molar-refractivity contribution is -0.120.